The maximum Gasteiger partial charge on any atom is 0.257 e. The minimum absolute atomic E-state index is 0.0269. The van der Waals surface area contributed by atoms with Crippen molar-refractivity contribution in [2.24, 2.45) is 5.41 Å². The molecule has 12 heteroatoms. The van der Waals surface area contributed by atoms with Gasteiger partial charge in [-0.3, -0.25) is 18.9 Å². The molecule has 0 saturated carbocycles. The van der Waals surface area contributed by atoms with Crippen LogP contribution in [-0.4, -0.2) is 48.9 Å². The molecule has 1 amide bonds. The highest BCUT2D eigenvalue weighted by Crippen LogP contribution is 2.48. The highest BCUT2D eigenvalue weighted by atomic mass is 31.2. The molecular weight excluding hydrogens is 581 g/mol. The first-order valence-corrected chi connectivity index (χ1v) is 16.1. The quantitative estimate of drug-likeness (QED) is 0.279. The predicted octanol–water partition coefficient (Wildman–Crippen LogP) is 5.19. The normalized spacial score (nSPS) is 19.4. The Morgan fingerprint density at radius 3 is 2.53 bits per heavy atom. The number of fused-ring (bicyclic) bond motifs is 1. The van der Waals surface area contributed by atoms with Gasteiger partial charge in [-0.05, 0) is 31.9 Å². The van der Waals surface area contributed by atoms with Crippen LogP contribution in [0, 0.1) is 17.0 Å². The average molecular weight is 617 g/mol. The van der Waals surface area contributed by atoms with Gasteiger partial charge in [0.25, 0.3) is 5.91 Å². The third-order valence-electron chi connectivity index (χ3n) is 7.69. The van der Waals surface area contributed by atoms with E-state index in [-0.39, 0.29) is 61.5 Å². The van der Waals surface area contributed by atoms with E-state index in [0.717, 1.165) is 11.6 Å². The standard InChI is InChI=1S/C31H35F2N2O7P/c1-5-42-43(4,39)14-13-31(2)25(40-3)18-35-17-23(30(38)34-16-21-11-12-22(32)15-24(21)33)27(36)28(26(35)29(31)37)41-19-20-9-7-6-8-10-20/h6-12,15,17,25H,5,13-14,16,18-19H2,1-4H3,(H,34,38). The lowest BCUT2D eigenvalue weighted by Gasteiger charge is -2.41. The van der Waals surface area contributed by atoms with Crippen LogP contribution < -0.4 is 15.5 Å². The van der Waals surface area contributed by atoms with Crippen LogP contribution in [0.5, 0.6) is 5.75 Å². The van der Waals surface area contributed by atoms with Crippen LogP contribution in [0.15, 0.2) is 59.5 Å². The molecule has 0 aliphatic carbocycles. The highest BCUT2D eigenvalue weighted by Gasteiger charge is 2.49. The summed E-state index contributed by atoms with van der Waals surface area (Å²) in [5, 5.41) is 2.49. The minimum Gasteiger partial charge on any atom is -0.483 e. The number of pyridine rings is 1. The van der Waals surface area contributed by atoms with Crippen molar-refractivity contribution >= 4 is 19.1 Å². The predicted molar refractivity (Wildman–Crippen MR) is 157 cm³/mol. The van der Waals surface area contributed by atoms with Crippen LogP contribution >= 0.6 is 7.37 Å². The minimum atomic E-state index is -2.99. The van der Waals surface area contributed by atoms with Gasteiger partial charge in [-0.25, -0.2) is 8.78 Å². The molecule has 0 bridgehead atoms. The second-order valence-corrected chi connectivity index (χ2v) is 13.5. The average Bonchev–Trinajstić information content (AvgIpc) is 2.97. The second-order valence-electron chi connectivity index (χ2n) is 10.8. The van der Waals surface area contributed by atoms with Crippen molar-refractivity contribution in [1.82, 2.24) is 9.88 Å². The van der Waals surface area contributed by atoms with Gasteiger partial charge >= 0.3 is 0 Å². The van der Waals surface area contributed by atoms with Crippen molar-refractivity contribution in [3.8, 4) is 5.75 Å². The number of benzene rings is 2. The molecule has 0 spiro atoms. The van der Waals surface area contributed by atoms with Gasteiger partial charge in [0.1, 0.15) is 29.5 Å². The smallest absolute Gasteiger partial charge is 0.257 e. The SMILES string of the molecule is CCOP(C)(=O)CCC1(C)C(=O)c2c(OCc3ccccc3)c(=O)c(C(=O)NCc3ccc(F)cc3F)cn2CC1OC. The Morgan fingerprint density at radius 1 is 1.16 bits per heavy atom. The molecule has 0 radical (unpaired) electrons. The highest BCUT2D eigenvalue weighted by molar-refractivity contribution is 7.58. The molecule has 2 aromatic carbocycles. The van der Waals surface area contributed by atoms with E-state index in [1.807, 2.05) is 6.07 Å². The maximum atomic E-state index is 14.2. The van der Waals surface area contributed by atoms with Gasteiger partial charge in [0.15, 0.2) is 18.9 Å². The van der Waals surface area contributed by atoms with Crippen molar-refractivity contribution in [1.29, 1.82) is 0 Å². The number of rotatable bonds is 12. The number of aromatic nitrogens is 1. The van der Waals surface area contributed by atoms with Gasteiger partial charge in [-0.15, -0.1) is 0 Å². The van der Waals surface area contributed by atoms with E-state index in [2.05, 4.69) is 5.32 Å². The van der Waals surface area contributed by atoms with Gasteiger partial charge in [-0.1, -0.05) is 36.4 Å². The number of nitrogens with zero attached hydrogens (tertiary/aromatic N) is 1. The summed E-state index contributed by atoms with van der Waals surface area (Å²) in [7, 11) is -1.54. The lowest BCUT2D eigenvalue weighted by molar-refractivity contribution is -0.0163. The fraction of sp³-hybridized carbons (Fsp3) is 0.387. The Kier molecular flexibility index (Phi) is 10.00. The number of carbonyl (C=O) groups is 2. The van der Waals surface area contributed by atoms with Crippen molar-refractivity contribution < 1.29 is 36.9 Å². The topological polar surface area (TPSA) is 113 Å². The zero-order valence-corrected chi connectivity index (χ0v) is 25.4. The molecule has 1 aliphatic heterocycles. The van der Waals surface area contributed by atoms with Gasteiger partial charge < -0.3 is 23.9 Å². The van der Waals surface area contributed by atoms with Crippen LogP contribution in [0.1, 0.15) is 52.2 Å². The number of methoxy groups -OCH3 is 1. The monoisotopic (exact) mass is 616 g/mol. The first-order valence-electron chi connectivity index (χ1n) is 13.8. The Hall–Kier alpha value is -3.66. The van der Waals surface area contributed by atoms with E-state index < -0.39 is 47.6 Å². The lowest BCUT2D eigenvalue weighted by atomic mass is 9.73. The third-order valence-corrected chi connectivity index (χ3v) is 9.53. The van der Waals surface area contributed by atoms with Gasteiger partial charge in [0, 0.05) is 44.3 Å². The number of Topliss-reactive ketones (excluding diaryl/α,β-unsaturated/α-hetero) is 1. The van der Waals surface area contributed by atoms with Crippen molar-refractivity contribution in [3.05, 3.63) is 99.0 Å². The first kappa shape index (κ1) is 32.3. The number of hydrogen-bond acceptors (Lipinski definition) is 7. The summed E-state index contributed by atoms with van der Waals surface area (Å²) >= 11 is 0. The Morgan fingerprint density at radius 2 is 1.88 bits per heavy atom. The fourth-order valence-corrected chi connectivity index (χ4v) is 6.70. The molecule has 9 nitrogen and oxygen atoms in total. The summed E-state index contributed by atoms with van der Waals surface area (Å²) in [4.78, 5) is 41.2. The number of ether oxygens (including phenoxy) is 2. The van der Waals surface area contributed by atoms with Gasteiger partial charge in [-0.2, -0.15) is 0 Å². The molecule has 1 N–H and O–H groups in total. The van der Waals surface area contributed by atoms with Crippen LogP contribution in [-0.2, 0) is 33.5 Å². The van der Waals surface area contributed by atoms with Crippen LogP contribution in [0.4, 0.5) is 8.78 Å². The second kappa shape index (κ2) is 13.3. The largest absolute Gasteiger partial charge is 0.483 e. The molecular formula is C31H35F2N2O7P. The molecule has 1 aromatic heterocycles. The number of carbonyl (C=O) groups excluding carboxylic acids is 2. The zero-order chi connectivity index (χ0) is 31.4. The summed E-state index contributed by atoms with van der Waals surface area (Å²) in [6.07, 6.45) is 0.851. The van der Waals surface area contributed by atoms with Crippen molar-refractivity contribution in [2.75, 3.05) is 26.5 Å². The summed E-state index contributed by atoms with van der Waals surface area (Å²) in [6.45, 7) is 4.95. The van der Waals surface area contributed by atoms with E-state index in [9.17, 15) is 27.7 Å². The van der Waals surface area contributed by atoms with E-state index in [1.165, 1.54) is 30.6 Å². The molecule has 1 aliphatic rings. The molecule has 0 saturated heterocycles. The molecule has 3 unspecified atom stereocenters. The number of ketones is 1. The molecule has 43 heavy (non-hydrogen) atoms. The molecule has 0 fully saturated rings. The molecule has 3 aromatic rings. The molecule has 230 valence electrons. The van der Waals surface area contributed by atoms with E-state index in [0.29, 0.717) is 6.07 Å². The molecule has 2 heterocycles. The lowest BCUT2D eigenvalue weighted by Crippen LogP contribution is -2.50. The van der Waals surface area contributed by atoms with E-state index in [4.69, 9.17) is 14.0 Å². The summed E-state index contributed by atoms with van der Waals surface area (Å²) < 4.78 is 58.9. The van der Waals surface area contributed by atoms with Crippen LogP contribution in [0.3, 0.4) is 0 Å². The summed E-state index contributed by atoms with van der Waals surface area (Å²) in [5.41, 5.74) is -1.60. The van der Waals surface area contributed by atoms with Crippen molar-refractivity contribution in [2.45, 2.75) is 46.1 Å². The van der Waals surface area contributed by atoms with Crippen LogP contribution in [0.2, 0.25) is 0 Å². The van der Waals surface area contributed by atoms with Gasteiger partial charge in [0.05, 0.1) is 24.7 Å². The Balaban J connectivity index is 1.74. The Labute approximate surface area is 248 Å². The molecule has 4 rings (SSSR count). The van der Waals surface area contributed by atoms with Crippen LogP contribution in [0.25, 0.3) is 0 Å². The Bertz CT molecular complexity index is 1610. The van der Waals surface area contributed by atoms with E-state index >= 15 is 0 Å². The number of nitrogens with one attached hydrogen (secondary N) is 1. The zero-order valence-electron chi connectivity index (χ0n) is 24.5. The maximum absolute atomic E-state index is 14.2. The first-order chi connectivity index (χ1) is 20.4. The van der Waals surface area contributed by atoms with E-state index in [1.54, 1.807) is 38.1 Å². The van der Waals surface area contributed by atoms with Gasteiger partial charge in [0.2, 0.25) is 5.43 Å². The summed E-state index contributed by atoms with van der Waals surface area (Å²) in [6, 6.07) is 12.0. The fourth-order valence-electron chi connectivity index (χ4n) is 5.16. The number of amides is 1. The number of hydrogen-bond donors (Lipinski definition) is 1. The molecule has 3 atom stereocenters. The number of halogens is 2. The third kappa shape index (κ3) is 7.12. The summed E-state index contributed by atoms with van der Waals surface area (Å²) in [5.74, 6) is -3.19. The van der Waals surface area contributed by atoms with Crippen molar-refractivity contribution in [3.63, 3.8) is 0 Å².